The molecule has 17 heteroatoms. The number of nitrogens with zero attached hydrogens (tertiary/aromatic N) is 2. The molecule has 14 nitrogen and oxygen atoms in total. The van der Waals surface area contributed by atoms with Crippen LogP contribution >= 0.6 is 7.92 Å². The highest BCUT2D eigenvalue weighted by molar-refractivity contribution is 7.86. The van der Waals surface area contributed by atoms with Gasteiger partial charge in [0, 0.05) is 84.8 Å². The fourth-order valence-corrected chi connectivity index (χ4v) is 13.3. The van der Waals surface area contributed by atoms with Gasteiger partial charge in [-0.25, -0.2) is 4.79 Å². The van der Waals surface area contributed by atoms with Crippen LogP contribution in [-0.4, -0.2) is 94.3 Å². The van der Waals surface area contributed by atoms with Gasteiger partial charge in [0.05, 0.1) is 34.5 Å². The molecule has 3 N–H and O–H groups in total. The summed E-state index contributed by atoms with van der Waals surface area (Å²) in [5.74, 6) is -0.690. The Kier molecular flexibility index (Phi) is 18.1. The van der Waals surface area contributed by atoms with E-state index in [4.69, 9.17) is 9.47 Å². The van der Waals surface area contributed by atoms with Crippen LogP contribution < -0.4 is 26.1 Å². The number of fused-ring (bicyclic) bond motifs is 2. The van der Waals surface area contributed by atoms with Crippen molar-refractivity contribution in [3.63, 3.8) is 0 Å². The number of allylic oxidation sites excluding steroid dienone is 6. The van der Waals surface area contributed by atoms with Crippen LogP contribution in [0.2, 0.25) is 0 Å². The van der Waals surface area contributed by atoms with Crippen LogP contribution in [0.1, 0.15) is 98.1 Å². The first-order chi connectivity index (χ1) is 35.7. The summed E-state index contributed by atoms with van der Waals surface area (Å²) < 4.78 is 81.0. The number of hydrogen-bond donors (Lipinski definition) is 3. The van der Waals surface area contributed by atoms with Gasteiger partial charge < -0.3 is 19.7 Å². The lowest BCUT2D eigenvalue weighted by Gasteiger charge is -2.26. The van der Waals surface area contributed by atoms with Crippen molar-refractivity contribution < 1.29 is 54.4 Å². The van der Waals surface area contributed by atoms with Crippen molar-refractivity contribution in [2.45, 2.75) is 86.8 Å². The number of benzene rings is 5. The molecular formula is C58H65N3O11PS2+. The highest BCUT2D eigenvalue weighted by Crippen LogP contribution is 2.48. The Balaban J connectivity index is 0.979. The maximum absolute atomic E-state index is 13.5. The topological polar surface area (TPSA) is 197 Å². The first-order valence-corrected chi connectivity index (χ1v) is 29.0. The van der Waals surface area contributed by atoms with Gasteiger partial charge in [0.2, 0.25) is 5.69 Å². The zero-order valence-electron chi connectivity index (χ0n) is 43.2. The molecule has 2 aliphatic heterocycles. The molecule has 0 saturated heterocycles. The summed E-state index contributed by atoms with van der Waals surface area (Å²) >= 11 is 0. The number of esters is 1. The van der Waals surface area contributed by atoms with Gasteiger partial charge in [-0.15, -0.1) is 0 Å². The quantitative estimate of drug-likeness (QED) is 0.0141. The second kappa shape index (κ2) is 24.1. The van der Waals surface area contributed by atoms with Crippen molar-refractivity contribution in [2.75, 3.05) is 45.4 Å². The average Bonchev–Trinajstić information content (AvgIpc) is 3.73. The van der Waals surface area contributed by atoms with Crippen LogP contribution in [0.15, 0.2) is 161 Å². The molecule has 0 aliphatic carbocycles. The lowest BCUT2D eigenvalue weighted by Crippen LogP contribution is -2.29. The highest BCUT2D eigenvalue weighted by atomic mass is 32.2. The van der Waals surface area contributed by atoms with Crippen LogP contribution in [0.3, 0.4) is 0 Å². The number of anilines is 1. The minimum Gasteiger partial charge on any atom is -0.465 e. The Hall–Kier alpha value is -6.39. The van der Waals surface area contributed by atoms with E-state index < -0.39 is 45.0 Å². The number of nitrogens with one attached hydrogen (secondary N) is 1. The van der Waals surface area contributed by atoms with Crippen molar-refractivity contribution in [1.29, 1.82) is 0 Å². The second-order valence-electron chi connectivity index (χ2n) is 19.5. The molecule has 1 amide bonds. The van der Waals surface area contributed by atoms with Crippen molar-refractivity contribution in [3.8, 4) is 0 Å². The highest BCUT2D eigenvalue weighted by Gasteiger charge is 2.45. The maximum atomic E-state index is 13.5. The minimum atomic E-state index is -4.46. The van der Waals surface area contributed by atoms with E-state index in [1.807, 2.05) is 119 Å². The molecule has 0 spiro atoms. The van der Waals surface area contributed by atoms with Crippen LogP contribution in [0, 0.1) is 0 Å². The molecule has 5 aromatic carbocycles. The van der Waals surface area contributed by atoms with Gasteiger partial charge in [-0.2, -0.15) is 21.4 Å². The molecule has 0 bridgehead atoms. The van der Waals surface area contributed by atoms with Gasteiger partial charge in [-0.1, -0.05) is 92.7 Å². The third-order valence-electron chi connectivity index (χ3n) is 13.8. The van der Waals surface area contributed by atoms with Gasteiger partial charge in [-0.3, -0.25) is 18.7 Å². The summed E-state index contributed by atoms with van der Waals surface area (Å²) in [5, 5.41) is 5.70. The van der Waals surface area contributed by atoms with Crippen molar-refractivity contribution >= 4 is 78.8 Å². The fraction of sp³-hybridized carbons (Fsp3) is 0.310. The number of Topliss-reactive ketones (excluding diaryl/α,β-unsaturated/α-hetero) is 1. The van der Waals surface area contributed by atoms with E-state index in [1.54, 1.807) is 37.4 Å². The number of methoxy groups -OCH3 is 2. The van der Waals surface area contributed by atoms with Crippen molar-refractivity contribution in [2.24, 2.45) is 0 Å². The molecule has 394 valence electrons. The van der Waals surface area contributed by atoms with Crippen LogP contribution in [0.25, 0.3) is 0 Å². The average molecular weight is 1080 g/mol. The number of hydrogen-bond acceptors (Lipinski definition) is 10. The molecule has 75 heavy (non-hydrogen) atoms. The molecule has 2 aliphatic rings. The van der Waals surface area contributed by atoms with E-state index in [0.29, 0.717) is 68.4 Å². The largest absolute Gasteiger partial charge is 0.465 e. The van der Waals surface area contributed by atoms with E-state index in [1.165, 1.54) is 31.4 Å². The van der Waals surface area contributed by atoms with Crippen LogP contribution in [0.4, 0.5) is 11.4 Å². The molecule has 2 heterocycles. The molecule has 7 rings (SSSR count). The Labute approximate surface area is 442 Å². The summed E-state index contributed by atoms with van der Waals surface area (Å²) in [7, 11) is -7.13. The van der Waals surface area contributed by atoms with Gasteiger partial charge in [0.15, 0.2) is 5.71 Å². The number of ether oxygens (including phenoxy) is 2. The Bertz CT molecular complexity index is 3260. The summed E-state index contributed by atoms with van der Waals surface area (Å²) in [6.45, 7) is 9.82. The molecule has 0 atom stereocenters. The summed E-state index contributed by atoms with van der Waals surface area (Å²) in [4.78, 5) is 41.3. The smallest absolute Gasteiger partial charge is 0.338 e. The minimum absolute atomic E-state index is 0.0993. The number of carbonyl (C=O) groups is 3. The van der Waals surface area contributed by atoms with Crippen molar-refractivity contribution in [1.82, 2.24) is 5.32 Å². The monoisotopic (exact) mass is 1070 g/mol. The number of rotatable bonds is 23. The van der Waals surface area contributed by atoms with Gasteiger partial charge in [0.25, 0.3) is 26.1 Å². The molecular weight excluding hydrogens is 1010 g/mol. The van der Waals surface area contributed by atoms with Gasteiger partial charge in [-0.05, 0) is 112 Å². The maximum Gasteiger partial charge on any atom is 0.338 e. The lowest BCUT2D eigenvalue weighted by molar-refractivity contribution is -0.438. The molecule has 0 aromatic heterocycles. The first kappa shape index (κ1) is 56.3. The van der Waals surface area contributed by atoms with Crippen LogP contribution in [0.5, 0.6) is 0 Å². The molecule has 0 unspecified atom stereocenters. The van der Waals surface area contributed by atoms with Crippen LogP contribution in [-0.2, 0) is 45.3 Å². The first-order valence-electron chi connectivity index (χ1n) is 24.8. The third kappa shape index (κ3) is 13.0. The van der Waals surface area contributed by atoms with E-state index in [0.717, 1.165) is 57.4 Å². The number of unbranched alkanes of at least 4 members (excludes halogenated alkanes) is 2. The van der Waals surface area contributed by atoms with Crippen molar-refractivity contribution in [3.05, 3.63) is 174 Å². The predicted octanol–water partition coefficient (Wildman–Crippen LogP) is 8.88. The Morgan fingerprint density at radius 2 is 1.33 bits per heavy atom. The molecule has 0 saturated carbocycles. The van der Waals surface area contributed by atoms with E-state index >= 15 is 0 Å². The number of carbonyl (C=O) groups excluding carboxylic acids is 3. The molecule has 5 aromatic rings. The Morgan fingerprint density at radius 3 is 1.96 bits per heavy atom. The van der Waals surface area contributed by atoms with Gasteiger partial charge >= 0.3 is 5.97 Å². The van der Waals surface area contributed by atoms with E-state index in [2.05, 4.69) is 14.8 Å². The Morgan fingerprint density at radius 1 is 0.707 bits per heavy atom. The van der Waals surface area contributed by atoms with Gasteiger partial charge in [0.1, 0.15) is 12.3 Å². The zero-order chi connectivity index (χ0) is 54.1. The predicted molar refractivity (Wildman–Crippen MR) is 295 cm³/mol. The molecule has 0 radical (unpaired) electrons. The fourth-order valence-electron chi connectivity index (χ4n) is 9.86. The standard InChI is InChI=1S/C58H64N3O11PS2/c1-57(2)48-39-45(74(65,66)67)29-32-50(48)60(53(57)26-16-9-17-27-54-58(3,4)49-40-46(75(68,69)70)30-33-51(49)61(54)36-37-71-5)35-18-10-11-20-42(62)21-19-34-59-55(63)41-28-31-47(56(64)72-6)52(38-41)73(43-22-12-7-13-23-43)44-24-14-8-15-25-44/h7-9,12-17,22-33,38-40H,10-11,18-21,34-37H2,1-6H3,(H2-,59,63,65,66,67,68,69,70)/p+1. The summed E-state index contributed by atoms with van der Waals surface area (Å²) in [5.41, 5.74) is 4.50. The zero-order valence-corrected chi connectivity index (χ0v) is 45.7. The molecule has 0 fully saturated rings. The SMILES string of the molecule is COCCN1C(=CC=CC=CC2=[N+](CCCCCC(=O)CCCNC(=O)c3ccc(C(=O)OC)c(P(c4ccccc4)c4ccccc4)c3)c3ccc(S(=O)(=O)O)cc3C2(C)C)C(C)(C)c2cc(S(=O)(=O)O)ccc21. The number of amides is 1. The summed E-state index contributed by atoms with van der Waals surface area (Å²) in [6.07, 6.45) is 13.0. The normalized spacial score (nSPS) is 15.5. The lowest BCUT2D eigenvalue weighted by atomic mass is 9.81. The second-order valence-corrected chi connectivity index (χ2v) is 24.5. The summed E-state index contributed by atoms with van der Waals surface area (Å²) in [6, 6.07) is 34.0. The number of ketones is 1. The van der Waals surface area contributed by atoms with E-state index in [-0.39, 0.29) is 21.5 Å². The van der Waals surface area contributed by atoms with E-state index in [9.17, 15) is 40.3 Å². The third-order valence-corrected chi connectivity index (χ3v) is 17.9.